The van der Waals surface area contributed by atoms with Gasteiger partial charge in [-0.1, -0.05) is 19.1 Å². The van der Waals surface area contributed by atoms with Crippen molar-refractivity contribution in [1.82, 2.24) is 5.32 Å². The number of methoxy groups -OCH3 is 1. The summed E-state index contributed by atoms with van der Waals surface area (Å²) in [5.41, 5.74) is 8.47. The molecule has 2 aromatic carbocycles. The molecule has 9 nitrogen and oxygen atoms in total. The Labute approximate surface area is 187 Å². The lowest BCUT2D eigenvalue weighted by molar-refractivity contribution is 0.0950. The number of alkyl carbamates (subject to hydrolysis) is 1. The maximum Gasteiger partial charge on any atom is 0.407 e. The number of nitrogens with one attached hydrogen (secondary N) is 2. The lowest BCUT2D eigenvalue weighted by Crippen LogP contribution is -2.31. The van der Waals surface area contributed by atoms with Crippen molar-refractivity contribution >= 4 is 23.4 Å². The summed E-state index contributed by atoms with van der Waals surface area (Å²) in [6, 6.07) is 16.0. The smallest absolute Gasteiger partial charge is 0.407 e. The molecular formula is C23H26N6O3. The summed E-state index contributed by atoms with van der Waals surface area (Å²) in [4.78, 5) is 16.4. The molecule has 0 saturated heterocycles. The highest BCUT2D eigenvalue weighted by Crippen LogP contribution is 2.24. The summed E-state index contributed by atoms with van der Waals surface area (Å²) < 4.78 is 10.5. The number of ether oxygens (including phenoxy) is 2. The third kappa shape index (κ3) is 6.92. The van der Waals surface area contributed by atoms with E-state index >= 15 is 0 Å². The fraction of sp³-hybridized carbons (Fsp3) is 0.304. The standard InChI is InChI=1S/C23H26N6O3/c1-4-20(10-11-24)32-23(30)27-15(2)16-6-5-7-18(12-16)28-22(26)29-19-9-8-17(14-25)21(13-19)31-3/h5-9,12-13,15,20H,4,10H2,1-3H3,(H,27,30)(H3,26,28,29)/t15-,20?/m0/s1. The number of hydrogen-bond acceptors (Lipinski definition) is 6. The van der Waals surface area contributed by atoms with E-state index in [0.29, 0.717) is 29.1 Å². The van der Waals surface area contributed by atoms with E-state index in [1.165, 1.54) is 7.11 Å². The van der Waals surface area contributed by atoms with Crippen molar-refractivity contribution in [2.45, 2.75) is 38.8 Å². The number of nitrogens with two attached hydrogens (primary N) is 1. The molecule has 0 heterocycles. The van der Waals surface area contributed by atoms with Gasteiger partial charge >= 0.3 is 6.09 Å². The van der Waals surface area contributed by atoms with Gasteiger partial charge in [-0.2, -0.15) is 10.5 Å². The van der Waals surface area contributed by atoms with Crippen molar-refractivity contribution in [2.75, 3.05) is 12.4 Å². The van der Waals surface area contributed by atoms with E-state index in [4.69, 9.17) is 25.7 Å². The maximum absolute atomic E-state index is 12.1. The lowest BCUT2D eigenvalue weighted by atomic mass is 10.1. The predicted molar refractivity (Wildman–Crippen MR) is 121 cm³/mol. The molecule has 2 aromatic rings. The van der Waals surface area contributed by atoms with Crippen molar-refractivity contribution in [3.8, 4) is 17.9 Å². The Balaban J connectivity index is 2.06. The van der Waals surface area contributed by atoms with E-state index < -0.39 is 12.2 Å². The number of rotatable bonds is 8. The second-order valence-electron chi connectivity index (χ2n) is 6.91. The molecule has 0 fully saturated rings. The number of hydrogen-bond donors (Lipinski definition) is 3. The number of amides is 1. The number of carbonyl (C=O) groups excluding carboxylic acids is 1. The van der Waals surface area contributed by atoms with Gasteiger partial charge in [-0.15, -0.1) is 0 Å². The monoisotopic (exact) mass is 434 g/mol. The van der Waals surface area contributed by atoms with Gasteiger partial charge in [0.05, 0.1) is 36.9 Å². The fourth-order valence-electron chi connectivity index (χ4n) is 2.86. The third-order valence-corrected chi connectivity index (χ3v) is 4.60. The first-order chi connectivity index (χ1) is 15.4. The van der Waals surface area contributed by atoms with Crippen LogP contribution in [0.4, 0.5) is 16.2 Å². The molecule has 32 heavy (non-hydrogen) atoms. The molecule has 2 atom stereocenters. The van der Waals surface area contributed by atoms with Crippen LogP contribution in [0.15, 0.2) is 47.5 Å². The van der Waals surface area contributed by atoms with Crippen LogP contribution in [0, 0.1) is 22.7 Å². The molecule has 0 aromatic heterocycles. The highest BCUT2D eigenvalue weighted by molar-refractivity contribution is 5.94. The molecule has 0 saturated carbocycles. The number of nitriles is 2. The van der Waals surface area contributed by atoms with Crippen LogP contribution in [0.5, 0.6) is 5.75 Å². The van der Waals surface area contributed by atoms with Crippen LogP contribution in [0.25, 0.3) is 0 Å². The van der Waals surface area contributed by atoms with E-state index in [9.17, 15) is 4.79 Å². The molecule has 0 aliphatic heterocycles. The van der Waals surface area contributed by atoms with Gasteiger partial charge < -0.3 is 25.8 Å². The zero-order valence-corrected chi connectivity index (χ0v) is 18.3. The number of anilines is 1. The van der Waals surface area contributed by atoms with E-state index in [0.717, 1.165) is 5.56 Å². The summed E-state index contributed by atoms with van der Waals surface area (Å²) in [6.45, 7) is 3.68. The molecule has 0 spiro atoms. The Bertz CT molecular complexity index is 1050. The average molecular weight is 435 g/mol. The molecule has 0 bridgehead atoms. The van der Waals surface area contributed by atoms with Gasteiger partial charge in [0.25, 0.3) is 0 Å². The molecular weight excluding hydrogens is 408 g/mol. The van der Waals surface area contributed by atoms with E-state index in [1.807, 2.05) is 50.3 Å². The fourth-order valence-corrected chi connectivity index (χ4v) is 2.86. The van der Waals surface area contributed by atoms with Crippen LogP contribution in [0.3, 0.4) is 0 Å². The van der Waals surface area contributed by atoms with Crippen molar-refractivity contribution in [1.29, 1.82) is 10.5 Å². The Morgan fingerprint density at radius 1 is 1.25 bits per heavy atom. The molecule has 0 aliphatic rings. The van der Waals surface area contributed by atoms with Crippen molar-refractivity contribution < 1.29 is 14.3 Å². The first-order valence-corrected chi connectivity index (χ1v) is 10.0. The Morgan fingerprint density at radius 2 is 2.03 bits per heavy atom. The molecule has 2 rings (SSSR count). The second kappa shape index (κ2) is 11.8. The number of nitrogens with zero attached hydrogens (tertiary/aromatic N) is 3. The largest absolute Gasteiger partial charge is 0.495 e. The average Bonchev–Trinajstić information content (AvgIpc) is 2.78. The van der Waals surface area contributed by atoms with Crippen LogP contribution in [0.1, 0.15) is 43.9 Å². The number of carbonyl (C=O) groups is 1. The molecule has 4 N–H and O–H groups in total. The van der Waals surface area contributed by atoms with Gasteiger partial charge in [0.15, 0.2) is 5.96 Å². The number of aliphatic imine (C=N–C) groups is 1. The molecule has 0 radical (unpaired) electrons. The zero-order chi connectivity index (χ0) is 23.5. The summed E-state index contributed by atoms with van der Waals surface area (Å²) in [5, 5.41) is 23.6. The third-order valence-electron chi connectivity index (χ3n) is 4.60. The lowest BCUT2D eigenvalue weighted by Gasteiger charge is -2.18. The van der Waals surface area contributed by atoms with Crippen LogP contribution < -0.4 is 21.1 Å². The van der Waals surface area contributed by atoms with E-state index in [-0.39, 0.29) is 18.4 Å². The number of guanidine groups is 1. The van der Waals surface area contributed by atoms with Crippen LogP contribution in [0.2, 0.25) is 0 Å². The van der Waals surface area contributed by atoms with E-state index in [1.54, 1.807) is 18.2 Å². The SMILES string of the molecule is CCC(CC#N)OC(=O)N[C@@H](C)c1cccc(NC(N)=Nc2ccc(C#N)c(OC)c2)c1. The molecule has 1 amide bonds. The first-order valence-electron chi connectivity index (χ1n) is 10.0. The highest BCUT2D eigenvalue weighted by atomic mass is 16.6. The van der Waals surface area contributed by atoms with Crippen molar-refractivity contribution in [3.63, 3.8) is 0 Å². The normalized spacial score (nSPS) is 12.6. The minimum atomic E-state index is -0.575. The van der Waals surface area contributed by atoms with Gasteiger partial charge in [-0.3, -0.25) is 0 Å². The summed E-state index contributed by atoms with van der Waals surface area (Å²) >= 11 is 0. The minimum Gasteiger partial charge on any atom is -0.495 e. The van der Waals surface area contributed by atoms with Crippen LogP contribution >= 0.6 is 0 Å². The topological polar surface area (TPSA) is 146 Å². The molecule has 9 heteroatoms. The van der Waals surface area contributed by atoms with Gasteiger partial charge in [0, 0.05) is 11.8 Å². The van der Waals surface area contributed by atoms with Gasteiger partial charge in [0.2, 0.25) is 0 Å². The van der Waals surface area contributed by atoms with Gasteiger partial charge in [-0.05, 0) is 43.2 Å². The van der Waals surface area contributed by atoms with Gasteiger partial charge in [-0.25, -0.2) is 9.79 Å². The Morgan fingerprint density at radius 3 is 2.69 bits per heavy atom. The highest BCUT2D eigenvalue weighted by Gasteiger charge is 2.15. The van der Waals surface area contributed by atoms with Crippen molar-refractivity contribution in [3.05, 3.63) is 53.6 Å². The molecule has 0 aliphatic carbocycles. The maximum atomic E-state index is 12.1. The predicted octanol–water partition coefficient (Wildman–Crippen LogP) is 4.10. The summed E-state index contributed by atoms with van der Waals surface area (Å²) in [5.74, 6) is 0.562. The summed E-state index contributed by atoms with van der Waals surface area (Å²) in [7, 11) is 1.48. The Kier molecular flexibility index (Phi) is 8.88. The second-order valence-corrected chi connectivity index (χ2v) is 6.91. The zero-order valence-electron chi connectivity index (χ0n) is 18.3. The molecule has 1 unspecified atom stereocenters. The number of benzene rings is 2. The Hall–Kier alpha value is -4.24. The minimum absolute atomic E-state index is 0.149. The van der Waals surface area contributed by atoms with Gasteiger partial charge in [0.1, 0.15) is 17.9 Å². The first kappa shape index (κ1) is 24.0. The quantitative estimate of drug-likeness (QED) is 0.419. The van der Waals surface area contributed by atoms with Crippen molar-refractivity contribution in [2.24, 2.45) is 10.7 Å². The molecule has 166 valence electrons. The van der Waals surface area contributed by atoms with Crippen LogP contribution in [-0.4, -0.2) is 25.3 Å². The summed E-state index contributed by atoms with van der Waals surface area (Å²) in [6.07, 6.45) is -0.286. The van der Waals surface area contributed by atoms with E-state index in [2.05, 4.69) is 15.6 Å². The van der Waals surface area contributed by atoms with Crippen LogP contribution in [-0.2, 0) is 4.74 Å².